The summed E-state index contributed by atoms with van der Waals surface area (Å²) in [5.41, 5.74) is 0. The van der Waals surface area contributed by atoms with Crippen LogP contribution in [0.15, 0.2) is 85.1 Å². The quantitative estimate of drug-likeness (QED) is 0.0134. The van der Waals surface area contributed by atoms with Crippen molar-refractivity contribution < 1.29 is 57.4 Å². The molecule has 350 valence electrons. The predicted octanol–water partition coefficient (Wildman–Crippen LogP) is 9.08. The standard InChI is InChI=1S/C48H82NO11P/c1-6-8-10-11-12-13-14-15-16-17-18-19-20-25-31-37-47(53)57-41-44(42-59-61(55,56)58-40-39-49(3,4)5)60-48(54)38-32-26-29-34-43(50)33-28-23-21-22-24-30-36-46(52)45(51)35-27-9-7-2/h9,15-16,21-24,26-30,33,36,43-46,50-52H,6-8,10-14,17-20,25,31-32,34-35,37-42H2,1-5H3/b16-15-,23-21+,24-22-,27-9-,29-26+,33-28+,36-30+. The van der Waals surface area contributed by atoms with Gasteiger partial charge in [0.05, 0.1) is 46.1 Å². The van der Waals surface area contributed by atoms with Gasteiger partial charge in [-0.25, -0.2) is 0 Å². The number of allylic oxidation sites excluding steroid dienone is 10. The summed E-state index contributed by atoms with van der Waals surface area (Å²) < 4.78 is 33.7. The van der Waals surface area contributed by atoms with Crippen LogP contribution in [0.3, 0.4) is 0 Å². The van der Waals surface area contributed by atoms with E-state index in [1.807, 2.05) is 40.2 Å². The number of unbranched alkanes of at least 4 members (excludes halogenated alkanes) is 11. The Labute approximate surface area is 369 Å². The minimum absolute atomic E-state index is 0.0216. The Hall–Kier alpha value is -2.93. The monoisotopic (exact) mass is 880 g/mol. The van der Waals surface area contributed by atoms with Crippen molar-refractivity contribution in [2.45, 2.75) is 160 Å². The largest absolute Gasteiger partial charge is 0.756 e. The van der Waals surface area contributed by atoms with Crippen LogP contribution in [0.5, 0.6) is 0 Å². The average molecular weight is 880 g/mol. The summed E-state index contributed by atoms with van der Waals surface area (Å²) in [6.45, 7) is 3.67. The molecular formula is C48H82NO11P. The van der Waals surface area contributed by atoms with E-state index >= 15 is 0 Å². The van der Waals surface area contributed by atoms with Gasteiger partial charge in [-0.2, -0.15) is 0 Å². The molecular weight excluding hydrogens is 797 g/mol. The Bertz CT molecular complexity index is 1370. The van der Waals surface area contributed by atoms with E-state index in [0.29, 0.717) is 36.7 Å². The van der Waals surface area contributed by atoms with E-state index in [1.165, 1.54) is 44.6 Å². The Balaban J connectivity index is 4.69. The lowest BCUT2D eigenvalue weighted by Crippen LogP contribution is -2.37. The van der Waals surface area contributed by atoms with Crippen molar-refractivity contribution in [1.29, 1.82) is 0 Å². The van der Waals surface area contributed by atoms with Crippen LogP contribution in [-0.2, 0) is 32.7 Å². The molecule has 12 nitrogen and oxygen atoms in total. The molecule has 0 amide bonds. The molecule has 0 saturated heterocycles. The summed E-state index contributed by atoms with van der Waals surface area (Å²) in [6, 6.07) is 0. The van der Waals surface area contributed by atoms with E-state index in [2.05, 4.69) is 19.1 Å². The molecule has 0 rings (SSSR count). The Kier molecular flexibility index (Phi) is 36.9. The van der Waals surface area contributed by atoms with Crippen molar-refractivity contribution in [3.8, 4) is 0 Å². The first kappa shape index (κ1) is 58.1. The van der Waals surface area contributed by atoms with Crippen LogP contribution in [0.1, 0.15) is 136 Å². The van der Waals surface area contributed by atoms with Gasteiger partial charge in [0.25, 0.3) is 7.82 Å². The Morgan fingerprint density at radius 2 is 1.21 bits per heavy atom. The van der Waals surface area contributed by atoms with Crippen molar-refractivity contribution in [3.05, 3.63) is 85.1 Å². The summed E-state index contributed by atoms with van der Waals surface area (Å²) in [5.74, 6) is -1.08. The van der Waals surface area contributed by atoms with Crippen LogP contribution in [0.2, 0.25) is 0 Å². The van der Waals surface area contributed by atoms with Gasteiger partial charge >= 0.3 is 11.9 Å². The van der Waals surface area contributed by atoms with Crippen LogP contribution in [0.25, 0.3) is 0 Å². The van der Waals surface area contributed by atoms with Gasteiger partial charge in [-0.1, -0.05) is 150 Å². The average Bonchev–Trinajstić information content (AvgIpc) is 3.20. The fraction of sp³-hybridized carbons (Fsp3) is 0.667. The highest BCUT2D eigenvalue weighted by molar-refractivity contribution is 7.45. The second-order valence-corrected chi connectivity index (χ2v) is 17.7. The van der Waals surface area contributed by atoms with Gasteiger partial charge < -0.3 is 43.2 Å². The lowest BCUT2D eigenvalue weighted by Gasteiger charge is -2.28. The molecule has 3 N–H and O–H groups in total. The lowest BCUT2D eigenvalue weighted by molar-refractivity contribution is -0.870. The lowest BCUT2D eigenvalue weighted by atomic mass is 10.1. The molecule has 0 aromatic carbocycles. The van der Waals surface area contributed by atoms with E-state index in [4.69, 9.17) is 18.5 Å². The molecule has 0 aromatic heterocycles. The van der Waals surface area contributed by atoms with E-state index in [-0.39, 0.29) is 26.1 Å². The van der Waals surface area contributed by atoms with Crippen LogP contribution >= 0.6 is 7.82 Å². The van der Waals surface area contributed by atoms with Crippen LogP contribution < -0.4 is 4.89 Å². The second kappa shape index (κ2) is 38.7. The van der Waals surface area contributed by atoms with Gasteiger partial charge in [0.15, 0.2) is 6.10 Å². The third kappa shape index (κ3) is 40.9. The minimum Gasteiger partial charge on any atom is -0.756 e. The fourth-order valence-corrected chi connectivity index (χ4v) is 6.26. The maximum Gasteiger partial charge on any atom is 0.306 e. The Morgan fingerprint density at radius 1 is 0.639 bits per heavy atom. The normalized spacial score (nSPS) is 15.9. The van der Waals surface area contributed by atoms with Crippen molar-refractivity contribution in [1.82, 2.24) is 0 Å². The molecule has 13 heteroatoms. The zero-order chi connectivity index (χ0) is 45.5. The molecule has 0 aliphatic carbocycles. The molecule has 5 atom stereocenters. The first-order valence-corrected chi connectivity index (χ1v) is 24.1. The van der Waals surface area contributed by atoms with Gasteiger partial charge in [-0.05, 0) is 57.8 Å². The van der Waals surface area contributed by atoms with Crippen molar-refractivity contribution in [3.63, 3.8) is 0 Å². The summed E-state index contributed by atoms with van der Waals surface area (Å²) in [5, 5.41) is 30.1. The molecule has 0 radical (unpaired) electrons. The maximum absolute atomic E-state index is 12.7. The molecule has 0 aliphatic rings. The smallest absolute Gasteiger partial charge is 0.306 e. The molecule has 0 aromatic rings. The number of phosphoric acid groups is 1. The number of ether oxygens (including phenoxy) is 2. The third-order valence-electron chi connectivity index (χ3n) is 9.23. The highest BCUT2D eigenvalue weighted by atomic mass is 31.2. The highest BCUT2D eigenvalue weighted by Crippen LogP contribution is 2.38. The second-order valence-electron chi connectivity index (χ2n) is 16.2. The number of hydrogen-bond acceptors (Lipinski definition) is 11. The number of aliphatic hydroxyl groups excluding tert-OH is 3. The summed E-state index contributed by atoms with van der Waals surface area (Å²) in [6.07, 6.45) is 38.6. The van der Waals surface area contributed by atoms with Gasteiger partial charge in [0.2, 0.25) is 0 Å². The van der Waals surface area contributed by atoms with Gasteiger partial charge in [-0.15, -0.1) is 0 Å². The first-order chi connectivity index (χ1) is 29.2. The summed E-state index contributed by atoms with van der Waals surface area (Å²) in [7, 11) is 0.986. The number of nitrogens with zero attached hydrogens (tertiary/aromatic N) is 1. The van der Waals surface area contributed by atoms with E-state index in [0.717, 1.165) is 44.9 Å². The van der Waals surface area contributed by atoms with Crippen LogP contribution in [0, 0.1) is 0 Å². The summed E-state index contributed by atoms with van der Waals surface area (Å²) >= 11 is 0. The third-order valence-corrected chi connectivity index (χ3v) is 10.2. The number of quaternary nitrogens is 1. The molecule has 0 saturated carbocycles. The van der Waals surface area contributed by atoms with Crippen LogP contribution in [-0.4, -0.2) is 104 Å². The predicted molar refractivity (Wildman–Crippen MR) is 244 cm³/mol. The first-order valence-electron chi connectivity index (χ1n) is 22.6. The topological polar surface area (TPSA) is 172 Å². The number of esters is 2. The molecule has 0 spiro atoms. The molecule has 0 aliphatic heterocycles. The SMILES string of the molecule is CC/C=C\CC(O)C(O)/C=C/C=C\C=C\C=C\C(O)C/C=C/CCC(=O)OC(COC(=O)CCCCCCC/C=C\CCCCCCCC)COP(=O)([O-])OCC[N+](C)(C)C. The number of phosphoric ester groups is 1. The number of rotatable bonds is 39. The Morgan fingerprint density at radius 3 is 1.85 bits per heavy atom. The molecule has 61 heavy (non-hydrogen) atoms. The fourth-order valence-electron chi connectivity index (χ4n) is 5.53. The van der Waals surface area contributed by atoms with Crippen molar-refractivity contribution >= 4 is 19.8 Å². The summed E-state index contributed by atoms with van der Waals surface area (Å²) in [4.78, 5) is 37.5. The van der Waals surface area contributed by atoms with Crippen molar-refractivity contribution in [2.24, 2.45) is 0 Å². The highest BCUT2D eigenvalue weighted by Gasteiger charge is 2.21. The number of aliphatic hydroxyl groups is 3. The minimum atomic E-state index is -4.70. The maximum atomic E-state index is 12.7. The van der Waals surface area contributed by atoms with E-state index in [9.17, 15) is 34.4 Å². The zero-order valence-corrected chi connectivity index (χ0v) is 39.1. The van der Waals surface area contributed by atoms with E-state index < -0.39 is 50.8 Å². The molecule has 0 fully saturated rings. The van der Waals surface area contributed by atoms with Crippen molar-refractivity contribution in [2.75, 3.05) is 47.5 Å². The van der Waals surface area contributed by atoms with Gasteiger partial charge in [-0.3, -0.25) is 14.2 Å². The molecule has 0 heterocycles. The molecule has 0 bridgehead atoms. The van der Waals surface area contributed by atoms with Gasteiger partial charge in [0.1, 0.15) is 19.8 Å². The number of carbonyl (C=O) groups excluding carboxylic acids is 2. The van der Waals surface area contributed by atoms with Crippen LogP contribution in [0.4, 0.5) is 0 Å². The molecule has 5 unspecified atom stereocenters. The number of carbonyl (C=O) groups is 2. The van der Waals surface area contributed by atoms with E-state index in [1.54, 1.807) is 54.7 Å². The van der Waals surface area contributed by atoms with Gasteiger partial charge in [0, 0.05) is 12.8 Å². The zero-order valence-electron chi connectivity index (χ0n) is 38.2. The number of likely N-dealkylation sites (N-methyl/N-ethyl adjacent to an activating group) is 1. The number of hydrogen-bond donors (Lipinski definition) is 3.